The van der Waals surface area contributed by atoms with Crippen LogP contribution >= 0.6 is 0 Å². The number of carboxylic acid groups (broad SMARTS) is 1. The summed E-state index contributed by atoms with van der Waals surface area (Å²) in [5, 5.41) is 18.8. The normalized spacial score (nSPS) is 15.2. The molecule has 6 heteroatoms. The molecule has 0 aliphatic heterocycles. The molecule has 0 heterocycles. The monoisotopic (exact) mass is 284 g/mol. The van der Waals surface area contributed by atoms with Crippen LogP contribution in [0, 0.1) is 0 Å². The van der Waals surface area contributed by atoms with E-state index in [-0.39, 0.29) is 0 Å². The third kappa shape index (κ3) is 3.61. The summed E-state index contributed by atoms with van der Waals surface area (Å²) in [4.78, 5) is 11.4. The van der Waals surface area contributed by atoms with E-state index in [0.29, 0.717) is 17.1 Å². The number of aliphatic carboxylic acids is 1. The largest absolute Gasteiger partial charge is 0.493 e. The van der Waals surface area contributed by atoms with E-state index >= 15 is 0 Å². The van der Waals surface area contributed by atoms with Crippen LogP contribution in [0.2, 0.25) is 0 Å². The second kappa shape index (κ2) is 7.12. The molecule has 3 atom stereocenters. The molecular weight excluding hydrogens is 264 g/mol. The summed E-state index contributed by atoms with van der Waals surface area (Å²) >= 11 is 0. The fourth-order valence-electron chi connectivity index (χ4n) is 1.71. The molecule has 6 nitrogen and oxygen atoms in total. The van der Waals surface area contributed by atoms with Crippen molar-refractivity contribution in [2.75, 3.05) is 14.2 Å². The first-order valence-electron chi connectivity index (χ1n) is 6.19. The predicted molar refractivity (Wildman–Crippen MR) is 72.2 cm³/mol. The highest BCUT2D eigenvalue weighted by atomic mass is 16.5. The van der Waals surface area contributed by atoms with E-state index in [2.05, 4.69) is 0 Å². The second-order valence-corrected chi connectivity index (χ2v) is 4.38. The van der Waals surface area contributed by atoms with Gasteiger partial charge in [0.2, 0.25) is 0 Å². The Morgan fingerprint density at radius 2 is 1.85 bits per heavy atom. The first-order chi connectivity index (χ1) is 9.42. The quantitative estimate of drug-likeness (QED) is 0.791. The van der Waals surface area contributed by atoms with Crippen LogP contribution in [0.25, 0.3) is 0 Å². The van der Waals surface area contributed by atoms with Gasteiger partial charge in [0.05, 0.1) is 26.4 Å². The van der Waals surface area contributed by atoms with Gasteiger partial charge in [-0.25, -0.2) is 4.79 Å². The van der Waals surface area contributed by atoms with Crippen molar-refractivity contribution in [2.45, 2.75) is 32.2 Å². The standard InChI is InChI=1S/C14H20O6/c1-8(15)9(2)20-13(14(16)17)10-6-5-7-11(18-3)12(10)19-4/h5-9,13,15H,1-4H3,(H,16,17). The first-order valence-corrected chi connectivity index (χ1v) is 6.19. The average Bonchev–Trinajstić information content (AvgIpc) is 2.42. The number of benzene rings is 1. The lowest BCUT2D eigenvalue weighted by molar-refractivity contribution is -0.158. The molecule has 0 aliphatic carbocycles. The number of para-hydroxylation sites is 1. The number of ether oxygens (including phenoxy) is 3. The highest BCUT2D eigenvalue weighted by Gasteiger charge is 2.29. The maximum Gasteiger partial charge on any atom is 0.337 e. The SMILES string of the molecule is COc1cccc(C(OC(C)C(C)O)C(=O)O)c1OC. The topological polar surface area (TPSA) is 85.2 Å². The molecule has 1 rings (SSSR count). The molecule has 0 saturated carbocycles. The van der Waals surface area contributed by atoms with Crippen molar-refractivity contribution in [2.24, 2.45) is 0 Å². The van der Waals surface area contributed by atoms with Gasteiger partial charge in [-0.1, -0.05) is 12.1 Å². The fraction of sp³-hybridized carbons (Fsp3) is 0.500. The number of rotatable bonds is 7. The Bertz CT molecular complexity index is 457. The lowest BCUT2D eigenvalue weighted by Crippen LogP contribution is -2.28. The van der Waals surface area contributed by atoms with Crippen LogP contribution in [-0.2, 0) is 9.53 Å². The van der Waals surface area contributed by atoms with Gasteiger partial charge in [-0.05, 0) is 19.9 Å². The van der Waals surface area contributed by atoms with E-state index in [1.807, 2.05) is 0 Å². The molecule has 0 radical (unpaired) electrons. The van der Waals surface area contributed by atoms with Crippen molar-refractivity contribution in [3.63, 3.8) is 0 Å². The van der Waals surface area contributed by atoms with Gasteiger partial charge in [0, 0.05) is 5.56 Å². The van der Waals surface area contributed by atoms with Gasteiger partial charge in [0.15, 0.2) is 17.6 Å². The molecule has 0 amide bonds. The van der Waals surface area contributed by atoms with Gasteiger partial charge in [-0.2, -0.15) is 0 Å². The number of methoxy groups -OCH3 is 2. The molecule has 0 aromatic heterocycles. The zero-order chi connectivity index (χ0) is 15.3. The molecule has 0 fully saturated rings. The summed E-state index contributed by atoms with van der Waals surface area (Å²) in [6.07, 6.45) is -2.66. The molecule has 1 aromatic rings. The van der Waals surface area contributed by atoms with E-state index in [1.54, 1.807) is 25.1 Å². The molecule has 0 spiro atoms. The van der Waals surface area contributed by atoms with Crippen molar-refractivity contribution >= 4 is 5.97 Å². The third-order valence-corrected chi connectivity index (χ3v) is 2.97. The van der Waals surface area contributed by atoms with Gasteiger partial charge in [0.1, 0.15) is 0 Å². The first kappa shape index (κ1) is 16.3. The minimum atomic E-state index is -1.25. The van der Waals surface area contributed by atoms with Crippen molar-refractivity contribution < 1.29 is 29.2 Å². The van der Waals surface area contributed by atoms with Crippen LogP contribution in [0.3, 0.4) is 0 Å². The Morgan fingerprint density at radius 3 is 2.30 bits per heavy atom. The summed E-state index contributed by atoms with van der Waals surface area (Å²) < 4.78 is 15.8. The zero-order valence-corrected chi connectivity index (χ0v) is 12.0. The number of aliphatic hydroxyl groups excluding tert-OH is 1. The average molecular weight is 284 g/mol. The van der Waals surface area contributed by atoms with Gasteiger partial charge < -0.3 is 24.4 Å². The van der Waals surface area contributed by atoms with Crippen LogP contribution in [0.5, 0.6) is 11.5 Å². The van der Waals surface area contributed by atoms with Gasteiger partial charge in [-0.3, -0.25) is 0 Å². The lowest BCUT2D eigenvalue weighted by atomic mass is 10.1. The smallest absolute Gasteiger partial charge is 0.337 e. The van der Waals surface area contributed by atoms with Crippen molar-refractivity contribution in [1.82, 2.24) is 0 Å². The van der Waals surface area contributed by atoms with Crippen molar-refractivity contribution in [3.05, 3.63) is 23.8 Å². The van der Waals surface area contributed by atoms with Gasteiger partial charge in [-0.15, -0.1) is 0 Å². The minimum absolute atomic E-state index is 0.306. The number of aliphatic hydroxyl groups is 1. The number of carboxylic acids is 1. The Morgan fingerprint density at radius 1 is 1.20 bits per heavy atom. The lowest BCUT2D eigenvalue weighted by Gasteiger charge is -2.23. The van der Waals surface area contributed by atoms with E-state index in [0.717, 1.165) is 0 Å². The molecular formula is C14H20O6. The van der Waals surface area contributed by atoms with Crippen molar-refractivity contribution in [1.29, 1.82) is 0 Å². The number of hydrogen-bond acceptors (Lipinski definition) is 5. The Balaban J connectivity index is 3.18. The van der Waals surface area contributed by atoms with E-state index < -0.39 is 24.3 Å². The number of hydrogen-bond donors (Lipinski definition) is 2. The summed E-state index contributed by atoms with van der Waals surface area (Å²) in [5.74, 6) is -0.436. The van der Waals surface area contributed by atoms with Crippen LogP contribution in [0.1, 0.15) is 25.5 Å². The summed E-state index contributed by atoms with van der Waals surface area (Å²) in [5.41, 5.74) is 0.340. The molecule has 0 aliphatic rings. The van der Waals surface area contributed by atoms with E-state index in [1.165, 1.54) is 21.1 Å². The minimum Gasteiger partial charge on any atom is -0.493 e. The molecule has 3 unspecified atom stereocenters. The Labute approximate surface area is 117 Å². The van der Waals surface area contributed by atoms with Gasteiger partial charge >= 0.3 is 5.97 Å². The summed E-state index contributed by atoms with van der Waals surface area (Å²) in [7, 11) is 2.90. The third-order valence-electron chi connectivity index (χ3n) is 2.97. The van der Waals surface area contributed by atoms with Crippen LogP contribution in [-0.4, -0.2) is 42.6 Å². The molecule has 0 saturated heterocycles. The maximum absolute atomic E-state index is 11.4. The summed E-state index contributed by atoms with van der Waals surface area (Å²) in [6.45, 7) is 3.14. The van der Waals surface area contributed by atoms with E-state index in [9.17, 15) is 15.0 Å². The highest BCUT2D eigenvalue weighted by molar-refractivity contribution is 5.76. The molecule has 112 valence electrons. The second-order valence-electron chi connectivity index (χ2n) is 4.38. The molecule has 0 bridgehead atoms. The molecule has 20 heavy (non-hydrogen) atoms. The molecule has 1 aromatic carbocycles. The highest BCUT2D eigenvalue weighted by Crippen LogP contribution is 2.36. The Hall–Kier alpha value is -1.79. The van der Waals surface area contributed by atoms with Crippen LogP contribution in [0.15, 0.2) is 18.2 Å². The Kier molecular flexibility index (Phi) is 5.79. The fourth-order valence-corrected chi connectivity index (χ4v) is 1.71. The number of carbonyl (C=O) groups is 1. The zero-order valence-electron chi connectivity index (χ0n) is 12.0. The van der Waals surface area contributed by atoms with Crippen LogP contribution < -0.4 is 9.47 Å². The predicted octanol–water partition coefficient (Wildman–Crippen LogP) is 1.62. The summed E-state index contributed by atoms with van der Waals surface area (Å²) in [6, 6.07) is 4.91. The van der Waals surface area contributed by atoms with Crippen LogP contribution in [0.4, 0.5) is 0 Å². The maximum atomic E-state index is 11.4. The van der Waals surface area contributed by atoms with Gasteiger partial charge in [0.25, 0.3) is 0 Å². The molecule has 2 N–H and O–H groups in total. The van der Waals surface area contributed by atoms with Crippen molar-refractivity contribution in [3.8, 4) is 11.5 Å². The van der Waals surface area contributed by atoms with E-state index in [4.69, 9.17) is 14.2 Å².